The molecular weight excluding hydrogens is 476 g/mol. The topological polar surface area (TPSA) is 40.5 Å². The van der Waals surface area contributed by atoms with Gasteiger partial charge in [0, 0.05) is 11.1 Å². The van der Waals surface area contributed by atoms with Crippen molar-refractivity contribution in [1.82, 2.24) is 0 Å². The summed E-state index contributed by atoms with van der Waals surface area (Å²) in [7, 11) is 0. The summed E-state index contributed by atoms with van der Waals surface area (Å²) < 4.78 is 163. The third-order valence-corrected chi connectivity index (χ3v) is 4.59. The maximum Gasteiger partial charge on any atom is 0.425 e. The molecule has 2 aromatic rings. The van der Waals surface area contributed by atoms with Crippen LogP contribution >= 0.6 is 0 Å². The molecule has 2 aromatic carbocycles. The van der Waals surface area contributed by atoms with Crippen molar-refractivity contribution in [2.75, 3.05) is 0 Å². The fourth-order valence-electron chi connectivity index (χ4n) is 3.20. The maximum atomic E-state index is 13.9. The van der Waals surface area contributed by atoms with Crippen LogP contribution in [0.5, 0.6) is 0 Å². The Kier molecular flexibility index (Phi) is 6.07. The van der Waals surface area contributed by atoms with Crippen LogP contribution in [0.25, 0.3) is 0 Å². The van der Waals surface area contributed by atoms with E-state index in [9.17, 15) is 62.9 Å². The van der Waals surface area contributed by atoms with Gasteiger partial charge in [0.05, 0.1) is 11.1 Å². The SMILES string of the molecule is OC(c1ccccc1C(F)(F)F)(C(F)(F)F)C(O)(c1ccccc1C(F)(F)F)C(F)(F)F. The molecule has 2 nitrogen and oxygen atoms in total. The molecule has 0 aliphatic rings. The normalized spacial score (nSPS) is 17.6. The third kappa shape index (κ3) is 3.89. The molecule has 0 saturated heterocycles. The van der Waals surface area contributed by atoms with Crippen LogP contribution < -0.4 is 0 Å². The first-order valence-corrected chi connectivity index (χ1v) is 8.12. The molecule has 0 aliphatic heterocycles. The van der Waals surface area contributed by atoms with E-state index in [4.69, 9.17) is 0 Å². The molecule has 0 aromatic heterocycles. The lowest BCUT2D eigenvalue weighted by molar-refractivity contribution is -0.400. The first-order chi connectivity index (χ1) is 14.2. The molecule has 2 unspecified atom stereocenters. The zero-order valence-electron chi connectivity index (χ0n) is 15.0. The molecule has 0 amide bonds. The minimum Gasteiger partial charge on any atom is -0.374 e. The monoisotopic (exact) mass is 486 g/mol. The summed E-state index contributed by atoms with van der Waals surface area (Å²) in [6, 6.07) is 1.02. The van der Waals surface area contributed by atoms with Gasteiger partial charge in [-0.2, -0.15) is 52.7 Å². The van der Waals surface area contributed by atoms with E-state index in [0.29, 0.717) is 24.3 Å². The molecule has 0 saturated carbocycles. The van der Waals surface area contributed by atoms with Gasteiger partial charge in [0.25, 0.3) is 0 Å². The van der Waals surface area contributed by atoms with Gasteiger partial charge in [-0.25, -0.2) is 0 Å². The van der Waals surface area contributed by atoms with Crippen molar-refractivity contribution in [1.29, 1.82) is 0 Å². The highest BCUT2D eigenvalue weighted by atomic mass is 19.4. The minimum atomic E-state index is -6.75. The fourth-order valence-corrected chi connectivity index (χ4v) is 3.20. The smallest absolute Gasteiger partial charge is 0.374 e. The fraction of sp³-hybridized carbons (Fsp3) is 0.333. The summed E-state index contributed by atoms with van der Waals surface area (Å²) >= 11 is 0. The van der Waals surface area contributed by atoms with Crippen LogP contribution in [-0.4, -0.2) is 22.6 Å². The molecule has 0 aliphatic carbocycles. The molecule has 14 heteroatoms. The highest BCUT2D eigenvalue weighted by Gasteiger charge is 2.79. The van der Waals surface area contributed by atoms with Crippen molar-refractivity contribution < 1.29 is 62.9 Å². The lowest BCUT2D eigenvalue weighted by Gasteiger charge is -2.46. The largest absolute Gasteiger partial charge is 0.425 e. The molecule has 2 N–H and O–H groups in total. The summed E-state index contributed by atoms with van der Waals surface area (Å²) in [6.07, 6.45) is -25.1. The Morgan fingerprint density at radius 2 is 0.625 bits per heavy atom. The molecule has 178 valence electrons. The molecule has 0 bridgehead atoms. The van der Waals surface area contributed by atoms with Crippen molar-refractivity contribution in [2.24, 2.45) is 0 Å². The number of rotatable bonds is 3. The van der Waals surface area contributed by atoms with Crippen LogP contribution in [0.4, 0.5) is 52.7 Å². The van der Waals surface area contributed by atoms with Gasteiger partial charge in [0.1, 0.15) is 0 Å². The molecule has 0 radical (unpaired) electrons. The Bertz CT molecular complexity index is 894. The lowest BCUT2D eigenvalue weighted by Crippen LogP contribution is -2.65. The van der Waals surface area contributed by atoms with Crippen LogP contribution in [0.2, 0.25) is 0 Å². The van der Waals surface area contributed by atoms with Crippen molar-refractivity contribution in [3.63, 3.8) is 0 Å². The van der Waals surface area contributed by atoms with Crippen molar-refractivity contribution in [3.05, 3.63) is 70.8 Å². The average molecular weight is 486 g/mol. The number of hydrogen-bond acceptors (Lipinski definition) is 2. The van der Waals surface area contributed by atoms with E-state index in [-0.39, 0.29) is 24.3 Å². The average Bonchev–Trinajstić information content (AvgIpc) is 2.63. The molecule has 0 heterocycles. The Labute approximate surface area is 170 Å². The zero-order valence-corrected chi connectivity index (χ0v) is 15.0. The first kappa shape index (κ1) is 25.8. The standard InChI is InChI=1S/C18H10F12O2/c19-15(20,21)11-7-3-1-5-9(11)13(31,17(25,26)27)14(32,18(28,29)30)10-6-2-4-8-12(10)16(22,23)24/h1-8,31-32H. The number of benzene rings is 2. The van der Waals surface area contributed by atoms with Gasteiger partial charge in [-0.05, 0) is 12.1 Å². The van der Waals surface area contributed by atoms with Gasteiger partial charge in [0.15, 0.2) is 0 Å². The molecular formula is C18H10F12O2. The highest BCUT2D eigenvalue weighted by molar-refractivity contribution is 5.46. The van der Waals surface area contributed by atoms with Crippen molar-refractivity contribution in [3.8, 4) is 0 Å². The van der Waals surface area contributed by atoms with E-state index < -0.39 is 58.2 Å². The van der Waals surface area contributed by atoms with E-state index in [1.165, 1.54) is 0 Å². The first-order valence-electron chi connectivity index (χ1n) is 8.12. The van der Waals surface area contributed by atoms with Gasteiger partial charge in [-0.15, -0.1) is 0 Å². The highest BCUT2D eigenvalue weighted by Crippen LogP contribution is 2.60. The predicted octanol–water partition coefficient (Wildman–Crippen LogP) is 5.92. The van der Waals surface area contributed by atoms with Crippen molar-refractivity contribution in [2.45, 2.75) is 35.9 Å². The summed E-state index contributed by atoms with van der Waals surface area (Å²) in [5.41, 5.74) is -21.8. The Balaban J connectivity index is 3.15. The van der Waals surface area contributed by atoms with Crippen LogP contribution in [0, 0.1) is 0 Å². The minimum absolute atomic E-state index is 0.126. The summed E-state index contributed by atoms with van der Waals surface area (Å²) in [5, 5.41) is 20.6. The molecule has 0 spiro atoms. The quantitative estimate of drug-likeness (QED) is 0.529. The van der Waals surface area contributed by atoms with Gasteiger partial charge in [-0.1, -0.05) is 36.4 Å². The number of halogens is 12. The number of aliphatic hydroxyl groups is 2. The van der Waals surface area contributed by atoms with E-state index in [1.54, 1.807) is 0 Å². The van der Waals surface area contributed by atoms with Crippen LogP contribution in [0.3, 0.4) is 0 Å². The number of alkyl halides is 12. The van der Waals surface area contributed by atoms with Gasteiger partial charge in [-0.3, -0.25) is 0 Å². The molecule has 2 rings (SSSR count). The summed E-state index contributed by atoms with van der Waals surface area (Å²) in [4.78, 5) is 0. The third-order valence-electron chi connectivity index (χ3n) is 4.59. The van der Waals surface area contributed by atoms with E-state index in [1.807, 2.05) is 0 Å². The van der Waals surface area contributed by atoms with Gasteiger partial charge >= 0.3 is 24.7 Å². The summed E-state index contributed by atoms with van der Waals surface area (Å²) in [5.74, 6) is 0. The Morgan fingerprint density at radius 1 is 0.406 bits per heavy atom. The zero-order chi connectivity index (χ0) is 25.0. The van der Waals surface area contributed by atoms with E-state index >= 15 is 0 Å². The second-order valence-electron chi connectivity index (χ2n) is 6.50. The Morgan fingerprint density at radius 3 is 0.812 bits per heavy atom. The van der Waals surface area contributed by atoms with Gasteiger partial charge in [0.2, 0.25) is 11.2 Å². The molecule has 32 heavy (non-hydrogen) atoms. The van der Waals surface area contributed by atoms with Gasteiger partial charge < -0.3 is 10.2 Å². The lowest BCUT2D eigenvalue weighted by atomic mass is 9.69. The van der Waals surface area contributed by atoms with E-state index in [0.717, 1.165) is 0 Å². The Hall–Kier alpha value is -2.48. The molecule has 2 atom stereocenters. The number of hydrogen-bond donors (Lipinski definition) is 2. The predicted molar refractivity (Wildman–Crippen MR) is 82.8 cm³/mol. The van der Waals surface area contributed by atoms with Crippen LogP contribution in [-0.2, 0) is 23.6 Å². The molecule has 0 fully saturated rings. The second kappa shape index (κ2) is 7.54. The maximum absolute atomic E-state index is 13.9. The second-order valence-corrected chi connectivity index (χ2v) is 6.50. The van der Waals surface area contributed by atoms with E-state index in [2.05, 4.69) is 0 Å². The van der Waals surface area contributed by atoms with Crippen LogP contribution in [0.15, 0.2) is 48.5 Å². The van der Waals surface area contributed by atoms with Crippen molar-refractivity contribution >= 4 is 0 Å². The van der Waals surface area contributed by atoms with Crippen LogP contribution in [0.1, 0.15) is 22.3 Å². The summed E-state index contributed by atoms with van der Waals surface area (Å²) in [6.45, 7) is 0.